The Morgan fingerprint density at radius 1 is 1.05 bits per heavy atom. The van der Waals surface area contributed by atoms with Crippen LogP contribution >= 0.6 is 27.5 Å². The Morgan fingerprint density at radius 3 is 2.51 bits per heavy atom. The van der Waals surface area contributed by atoms with Crippen LogP contribution in [-0.2, 0) is 24.6 Å². The molecule has 0 bridgehead atoms. The number of aromatic nitrogens is 1. The first-order chi connectivity index (χ1) is 19.8. The van der Waals surface area contributed by atoms with Crippen molar-refractivity contribution in [2.75, 3.05) is 0 Å². The molecule has 210 valence electrons. The number of aliphatic hydroxyl groups excluding tert-OH is 1. The van der Waals surface area contributed by atoms with Crippen LogP contribution in [0.4, 0.5) is 0 Å². The van der Waals surface area contributed by atoms with Crippen LogP contribution in [0.3, 0.4) is 0 Å². The van der Waals surface area contributed by atoms with E-state index in [1.165, 1.54) is 13.1 Å². The van der Waals surface area contributed by atoms with Crippen LogP contribution in [0.25, 0.3) is 11.1 Å². The molecule has 0 aliphatic carbocycles. The van der Waals surface area contributed by atoms with Crippen molar-refractivity contribution in [3.8, 4) is 28.7 Å². The third-order valence-corrected chi connectivity index (χ3v) is 7.47. The van der Waals surface area contributed by atoms with Gasteiger partial charge >= 0.3 is 5.97 Å². The van der Waals surface area contributed by atoms with Crippen LogP contribution in [0.2, 0.25) is 5.02 Å². The monoisotopic (exact) mass is 635 g/mol. The highest BCUT2D eigenvalue weighted by Crippen LogP contribution is 2.36. The zero-order valence-corrected chi connectivity index (χ0v) is 24.4. The minimum atomic E-state index is -1.19. The predicted octanol–water partition coefficient (Wildman–Crippen LogP) is 6.12. The van der Waals surface area contributed by atoms with Crippen molar-refractivity contribution in [2.24, 2.45) is 0 Å². The third-order valence-electron chi connectivity index (χ3n) is 6.24. The normalized spacial score (nSPS) is 12.3. The molecule has 4 rings (SSSR count). The Labute approximate surface area is 251 Å². The molecule has 0 aliphatic rings. The van der Waals surface area contributed by atoms with Gasteiger partial charge in [0.1, 0.15) is 36.8 Å². The van der Waals surface area contributed by atoms with Crippen LogP contribution in [0.15, 0.2) is 83.6 Å². The van der Waals surface area contributed by atoms with Gasteiger partial charge in [-0.3, -0.25) is 15.1 Å². The number of aliphatic carboxylic acids is 1. The van der Waals surface area contributed by atoms with Crippen molar-refractivity contribution in [3.05, 3.63) is 111 Å². The largest absolute Gasteiger partial charge is 0.488 e. The minimum absolute atomic E-state index is 0.0539. The fraction of sp³-hybridized carbons (Fsp3) is 0.194. The second-order valence-corrected chi connectivity index (χ2v) is 10.4. The van der Waals surface area contributed by atoms with E-state index in [1.54, 1.807) is 24.4 Å². The number of benzene rings is 3. The SMILES string of the molecule is CC(O)C(NCc1cc(Cl)c(OCc2cccc(-c3ccccc3)c2Br)cc1OCc1cncc(C#N)c1)C(=O)O. The Morgan fingerprint density at radius 2 is 1.80 bits per heavy atom. The summed E-state index contributed by atoms with van der Waals surface area (Å²) in [5, 5.41) is 31.6. The Kier molecular flexibility index (Phi) is 10.3. The number of carbonyl (C=O) groups is 1. The Hall–Kier alpha value is -3.94. The smallest absolute Gasteiger partial charge is 0.323 e. The molecular weight excluding hydrogens is 610 g/mol. The molecular formula is C31H27BrClN3O5. The first-order valence-electron chi connectivity index (χ1n) is 12.7. The van der Waals surface area contributed by atoms with Crippen molar-refractivity contribution < 1.29 is 24.5 Å². The summed E-state index contributed by atoms with van der Waals surface area (Å²) in [4.78, 5) is 15.6. The Bertz CT molecular complexity index is 1560. The van der Waals surface area contributed by atoms with Gasteiger partial charge in [-0.15, -0.1) is 0 Å². The lowest BCUT2D eigenvalue weighted by atomic mass is 10.0. The second kappa shape index (κ2) is 14.1. The lowest BCUT2D eigenvalue weighted by molar-refractivity contribution is -0.142. The number of carboxylic acid groups (broad SMARTS) is 1. The predicted molar refractivity (Wildman–Crippen MR) is 159 cm³/mol. The summed E-state index contributed by atoms with van der Waals surface area (Å²) in [6.45, 7) is 1.76. The zero-order valence-electron chi connectivity index (χ0n) is 22.1. The van der Waals surface area contributed by atoms with Gasteiger partial charge in [-0.1, -0.05) is 60.1 Å². The highest BCUT2D eigenvalue weighted by atomic mass is 79.9. The van der Waals surface area contributed by atoms with E-state index in [1.807, 2.05) is 54.6 Å². The lowest BCUT2D eigenvalue weighted by Gasteiger charge is -2.20. The van der Waals surface area contributed by atoms with Crippen LogP contribution in [0.5, 0.6) is 11.5 Å². The van der Waals surface area contributed by atoms with Gasteiger partial charge in [0.2, 0.25) is 0 Å². The molecule has 0 spiro atoms. The van der Waals surface area contributed by atoms with Gasteiger partial charge in [0.25, 0.3) is 0 Å². The van der Waals surface area contributed by atoms with Gasteiger partial charge in [0.15, 0.2) is 0 Å². The quantitative estimate of drug-likeness (QED) is 0.170. The average molecular weight is 637 g/mol. The van der Waals surface area contributed by atoms with E-state index >= 15 is 0 Å². The van der Waals surface area contributed by atoms with Gasteiger partial charge in [-0.05, 0) is 46.1 Å². The van der Waals surface area contributed by atoms with E-state index in [4.69, 9.17) is 21.1 Å². The highest BCUT2D eigenvalue weighted by Gasteiger charge is 2.23. The molecule has 0 aliphatic heterocycles. The number of ether oxygens (including phenoxy) is 2. The molecule has 1 heterocycles. The van der Waals surface area contributed by atoms with Gasteiger partial charge < -0.3 is 19.7 Å². The number of carboxylic acids is 1. The molecule has 3 aromatic carbocycles. The molecule has 10 heteroatoms. The van der Waals surface area contributed by atoms with Crippen molar-refractivity contribution in [3.63, 3.8) is 0 Å². The van der Waals surface area contributed by atoms with Gasteiger partial charge in [-0.25, -0.2) is 0 Å². The number of aliphatic hydroxyl groups is 1. The maximum atomic E-state index is 11.6. The van der Waals surface area contributed by atoms with E-state index < -0.39 is 18.1 Å². The number of hydrogen-bond acceptors (Lipinski definition) is 7. The summed E-state index contributed by atoms with van der Waals surface area (Å²) < 4.78 is 13.1. The Balaban J connectivity index is 1.59. The summed E-state index contributed by atoms with van der Waals surface area (Å²) >= 11 is 10.3. The molecule has 0 fully saturated rings. The van der Waals surface area contributed by atoms with Crippen LogP contribution in [-0.4, -0.2) is 33.3 Å². The summed E-state index contributed by atoms with van der Waals surface area (Å²) in [5.41, 5.74) is 4.65. The number of hydrogen-bond donors (Lipinski definition) is 3. The first kappa shape index (κ1) is 30.0. The second-order valence-electron chi connectivity index (χ2n) is 9.24. The molecule has 2 atom stereocenters. The molecule has 4 aromatic rings. The topological polar surface area (TPSA) is 125 Å². The maximum absolute atomic E-state index is 11.6. The molecule has 0 radical (unpaired) electrons. The molecule has 0 amide bonds. The summed E-state index contributed by atoms with van der Waals surface area (Å²) in [5.74, 6) is -0.418. The molecule has 0 saturated heterocycles. The van der Waals surface area contributed by atoms with Crippen LogP contribution < -0.4 is 14.8 Å². The van der Waals surface area contributed by atoms with Crippen molar-refractivity contribution in [1.29, 1.82) is 5.26 Å². The molecule has 1 aromatic heterocycles. The molecule has 41 heavy (non-hydrogen) atoms. The molecule has 3 N–H and O–H groups in total. The maximum Gasteiger partial charge on any atom is 0.323 e. The number of nitriles is 1. The van der Waals surface area contributed by atoms with Gasteiger partial charge in [0.05, 0.1) is 16.7 Å². The summed E-state index contributed by atoms with van der Waals surface area (Å²) in [7, 11) is 0. The van der Waals surface area contributed by atoms with E-state index in [0.717, 1.165) is 21.2 Å². The standard InChI is InChI=1S/C31H27BrClN3O5/c1-19(37)30(31(38)39)36-16-24-11-26(33)28(12-27(24)40-17-21-10-20(13-34)14-35-15-21)41-18-23-8-5-9-25(29(23)32)22-6-3-2-4-7-22/h2-12,14-15,19,30,36-37H,16-18H2,1H3,(H,38,39). The number of rotatable bonds is 12. The fourth-order valence-electron chi connectivity index (χ4n) is 4.12. The molecule has 8 nitrogen and oxygen atoms in total. The number of nitrogens with zero attached hydrogens (tertiary/aromatic N) is 2. The van der Waals surface area contributed by atoms with E-state index in [2.05, 4.69) is 26.2 Å². The minimum Gasteiger partial charge on any atom is -0.488 e. The highest BCUT2D eigenvalue weighted by molar-refractivity contribution is 9.10. The molecule has 2 unspecified atom stereocenters. The van der Waals surface area contributed by atoms with Gasteiger partial charge in [-0.2, -0.15) is 5.26 Å². The van der Waals surface area contributed by atoms with E-state index in [9.17, 15) is 20.3 Å². The average Bonchev–Trinajstić information content (AvgIpc) is 2.97. The van der Waals surface area contributed by atoms with Crippen molar-refractivity contribution in [1.82, 2.24) is 10.3 Å². The lowest BCUT2D eigenvalue weighted by Crippen LogP contribution is -2.44. The van der Waals surface area contributed by atoms with E-state index in [0.29, 0.717) is 33.2 Å². The zero-order chi connectivity index (χ0) is 29.4. The summed E-state index contributed by atoms with van der Waals surface area (Å²) in [6, 6.07) is 21.8. The summed E-state index contributed by atoms with van der Waals surface area (Å²) in [6.07, 6.45) is 1.93. The number of nitrogens with one attached hydrogen (secondary N) is 1. The first-order valence-corrected chi connectivity index (χ1v) is 13.8. The van der Waals surface area contributed by atoms with Crippen molar-refractivity contribution in [2.45, 2.75) is 38.8 Å². The van der Waals surface area contributed by atoms with E-state index in [-0.39, 0.29) is 19.8 Å². The molecule has 0 saturated carbocycles. The van der Waals surface area contributed by atoms with Gasteiger partial charge in [0, 0.05) is 46.2 Å². The van der Waals surface area contributed by atoms with Crippen LogP contribution in [0, 0.1) is 11.3 Å². The van der Waals surface area contributed by atoms with Crippen LogP contribution in [0.1, 0.15) is 29.2 Å². The third kappa shape index (κ3) is 7.84. The van der Waals surface area contributed by atoms with Crippen molar-refractivity contribution >= 4 is 33.5 Å². The number of pyridine rings is 1. The fourth-order valence-corrected chi connectivity index (χ4v) is 4.97. The number of halogens is 2.